The molecule has 0 fully saturated rings. The minimum Gasteiger partial charge on any atom is -0.494 e. The molecule has 1 amide bonds. The van der Waals surface area contributed by atoms with Gasteiger partial charge in [0.25, 0.3) is 5.91 Å². The highest BCUT2D eigenvalue weighted by Crippen LogP contribution is 2.42. The molecule has 1 heterocycles. The summed E-state index contributed by atoms with van der Waals surface area (Å²) in [5, 5.41) is 9.02. The van der Waals surface area contributed by atoms with Crippen molar-refractivity contribution in [2.45, 2.75) is 30.4 Å². The normalized spacial score (nSPS) is 17.6. The van der Waals surface area contributed by atoms with Crippen LogP contribution in [0.4, 0.5) is 0 Å². The third-order valence-electron chi connectivity index (χ3n) is 7.50. The van der Waals surface area contributed by atoms with Crippen LogP contribution in [-0.4, -0.2) is 42.2 Å². The topological polar surface area (TPSA) is 92.2 Å². The summed E-state index contributed by atoms with van der Waals surface area (Å²) in [6.45, 7) is 4.93. The first-order valence-electron chi connectivity index (χ1n) is 14.5. The Kier molecular flexibility index (Phi) is 10.00. The SMILES string of the molecule is C=CC[C@]1(C(=O)NNCC(c2ccccc2)c2ccccc2)N=C(c2ccc(OCCCO)cc2)O[C@H]1c1ccccc1. The zero-order chi connectivity index (χ0) is 29.9. The largest absolute Gasteiger partial charge is 0.494 e. The van der Waals surface area contributed by atoms with Crippen molar-refractivity contribution in [3.63, 3.8) is 0 Å². The zero-order valence-electron chi connectivity index (χ0n) is 24.1. The lowest BCUT2D eigenvalue weighted by Gasteiger charge is -2.30. The zero-order valence-corrected chi connectivity index (χ0v) is 24.1. The second-order valence-electron chi connectivity index (χ2n) is 10.4. The van der Waals surface area contributed by atoms with E-state index >= 15 is 0 Å². The number of hydrazine groups is 1. The number of hydrogen-bond acceptors (Lipinski definition) is 6. The Morgan fingerprint density at radius 3 is 2.12 bits per heavy atom. The van der Waals surface area contributed by atoms with E-state index in [1.54, 1.807) is 6.08 Å². The molecule has 4 aromatic carbocycles. The number of carbonyl (C=O) groups is 1. The third-order valence-corrected chi connectivity index (χ3v) is 7.50. The Morgan fingerprint density at radius 2 is 1.53 bits per heavy atom. The summed E-state index contributed by atoms with van der Waals surface area (Å²) in [5.41, 5.74) is 8.76. The summed E-state index contributed by atoms with van der Waals surface area (Å²) in [7, 11) is 0. The van der Waals surface area contributed by atoms with Gasteiger partial charge in [0.05, 0.1) is 6.61 Å². The van der Waals surface area contributed by atoms with Gasteiger partial charge >= 0.3 is 0 Å². The molecule has 2 atom stereocenters. The van der Waals surface area contributed by atoms with Crippen LogP contribution in [0.2, 0.25) is 0 Å². The summed E-state index contributed by atoms with van der Waals surface area (Å²) in [4.78, 5) is 19.1. The van der Waals surface area contributed by atoms with Gasteiger partial charge in [-0.1, -0.05) is 97.1 Å². The summed E-state index contributed by atoms with van der Waals surface area (Å²) in [5.74, 6) is 0.778. The molecule has 1 aliphatic heterocycles. The molecule has 0 aliphatic carbocycles. The van der Waals surface area contributed by atoms with E-state index < -0.39 is 11.6 Å². The highest BCUT2D eigenvalue weighted by atomic mass is 16.5. The minimum absolute atomic E-state index is 0.0278. The van der Waals surface area contributed by atoms with Crippen molar-refractivity contribution in [1.82, 2.24) is 10.9 Å². The number of aliphatic hydroxyl groups excluding tert-OH is 1. The molecule has 5 rings (SSSR count). The first-order valence-corrected chi connectivity index (χ1v) is 14.5. The first-order chi connectivity index (χ1) is 21.1. The number of nitrogens with zero attached hydrogens (tertiary/aromatic N) is 1. The number of nitrogens with one attached hydrogen (secondary N) is 2. The van der Waals surface area contributed by atoms with Crippen molar-refractivity contribution in [3.05, 3.63) is 150 Å². The van der Waals surface area contributed by atoms with Crippen LogP contribution in [0.1, 0.15) is 47.1 Å². The fourth-order valence-electron chi connectivity index (χ4n) is 5.30. The minimum atomic E-state index is -1.28. The number of aliphatic hydroxyl groups is 1. The molecule has 0 aromatic heterocycles. The van der Waals surface area contributed by atoms with E-state index in [2.05, 4.69) is 41.7 Å². The number of benzene rings is 4. The van der Waals surface area contributed by atoms with Crippen molar-refractivity contribution >= 4 is 11.8 Å². The molecular weight excluding hydrogens is 538 g/mol. The van der Waals surface area contributed by atoms with E-state index in [4.69, 9.17) is 19.6 Å². The number of aliphatic imine (C=N–C) groups is 1. The van der Waals surface area contributed by atoms with E-state index in [9.17, 15) is 4.79 Å². The highest BCUT2D eigenvalue weighted by molar-refractivity contribution is 6.01. The van der Waals surface area contributed by atoms with E-state index in [-0.39, 0.29) is 24.9 Å². The number of amides is 1. The van der Waals surface area contributed by atoms with Gasteiger partial charge in [-0.2, -0.15) is 0 Å². The Hall–Kier alpha value is -4.72. The average molecular weight is 576 g/mol. The van der Waals surface area contributed by atoms with Crippen LogP contribution in [0.15, 0.2) is 133 Å². The molecule has 0 saturated carbocycles. The number of ether oxygens (including phenoxy) is 2. The van der Waals surface area contributed by atoms with Gasteiger partial charge in [-0.15, -0.1) is 6.58 Å². The Balaban J connectivity index is 1.40. The molecule has 0 spiro atoms. The average Bonchev–Trinajstić information content (AvgIpc) is 3.45. The molecule has 7 heteroatoms. The van der Waals surface area contributed by atoms with E-state index in [1.807, 2.05) is 91.0 Å². The quantitative estimate of drug-likeness (QED) is 0.101. The molecule has 0 unspecified atom stereocenters. The molecule has 1 aliphatic rings. The second-order valence-corrected chi connectivity index (χ2v) is 10.4. The van der Waals surface area contributed by atoms with Crippen LogP contribution in [0.3, 0.4) is 0 Å². The summed E-state index contributed by atoms with van der Waals surface area (Å²) < 4.78 is 12.1. The van der Waals surface area contributed by atoms with Crippen molar-refractivity contribution < 1.29 is 19.4 Å². The van der Waals surface area contributed by atoms with Gasteiger partial charge < -0.3 is 14.6 Å². The van der Waals surface area contributed by atoms with Gasteiger partial charge in [-0.25, -0.2) is 10.4 Å². The maximum absolute atomic E-state index is 14.1. The second kappa shape index (κ2) is 14.4. The van der Waals surface area contributed by atoms with Crippen LogP contribution >= 0.6 is 0 Å². The molecule has 0 bridgehead atoms. The Labute approximate surface area is 252 Å². The van der Waals surface area contributed by atoms with Crippen molar-refractivity contribution in [2.75, 3.05) is 19.8 Å². The molecule has 0 saturated heterocycles. The van der Waals surface area contributed by atoms with Gasteiger partial charge in [0.2, 0.25) is 5.90 Å². The summed E-state index contributed by atoms with van der Waals surface area (Å²) in [6, 6.07) is 37.5. The molecule has 3 N–H and O–H groups in total. The number of hydrogen-bond donors (Lipinski definition) is 3. The third kappa shape index (κ3) is 7.02. The fraction of sp³-hybridized carbons (Fsp3) is 0.222. The van der Waals surface area contributed by atoms with Crippen molar-refractivity contribution in [1.29, 1.82) is 0 Å². The summed E-state index contributed by atoms with van der Waals surface area (Å²) >= 11 is 0. The van der Waals surface area contributed by atoms with E-state index in [0.717, 1.165) is 22.3 Å². The number of rotatable bonds is 14. The van der Waals surface area contributed by atoms with Crippen LogP contribution in [-0.2, 0) is 9.53 Å². The van der Waals surface area contributed by atoms with Crippen LogP contribution in [0, 0.1) is 0 Å². The summed E-state index contributed by atoms with van der Waals surface area (Å²) in [6.07, 6.45) is 1.87. The van der Waals surface area contributed by atoms with Crippen LogP contribution in [0.5, 0.6) is 5.75 Å². The molecule has 43 heavy (non-hydrogen) atoms. The number of carbonyl (C=O) groups excluding carboxylic acids is 1. The van der Waals surface area contributed by atoms with Gasteiger partial charge in [0.1, 0.15) is 5.75 Å². The lowest BCUT2D eigenvalue weighted by Crippen LogP contribution is -2.53. The molecule has 7 nitrogen and oxygen atoms in total. The van der Waals surface area contributed by atoms with Gasteiger partial charge in [0, 0.05) is 37.5 Å². The molecule has 220 valence electrons. The molecule has 0 radical (unpaired) electrons. The maximum atomic E-state index is 14.1. The predicted octanol–water partition coefficient (Wildman–Crippen LogP) is 5.73. The van der Waals surface area contributed by atoms with Crippen LogP contribution in [0.25, 0.3) is 0 Å². The first kappa shape index (κ1) is 29.8. The highest BCUT2D eigenvalue weighted by Gasteiger charge is 2.52. The maximum Gasteiger partial charge on any atom is 0.266 e. The fourth-order valence-corrected chi connectivity index (χ4v) is 5.30. The lowest BCUT2D eigenvalue weighted by atomic mass is 9.84. The monoisotopic (exact) mass is 575 g/mol. The Morgan fingerprint density at radius 1 is 0.930 bits per heavy atom. The van der Waals surface area contributed by atoms with Crippen molar-refractivity contribution in [3.8, 4) is 5.75 Å². The standard InChI is InChI=1S/C36H37N3O4/c1-2-23-36(35(41)39-37-26-32(27-13-6-3-7-14-27)28-15-8-4-9-16-28)33(29-17-10-5-11-18-29)43-34(38-36)30-19-21-31(22-20-30)42-25-12-24-40/h2-11,13-22,32-33,37,40H,1,12,23-26H2,(H,39,41)/t33-,36-/m0/s1. The van der Waals surface area contributed by atoms with E-state index in [0.29, 0.717) is 31.2 Å². The predicted molar refractivity (Wildman–Crippen MR) is 169 cm³/mol. The Bertz CT molecular complexity index is 1450. The van der Waals surface area contributed by atoms with Crippen molar-refractivity contribution in [2.24, 2.45) is 4.99 Å². The van der Waals surface area contributed by atoms with Gasteiger partial charge in [0.15, 0.2) is 11.6 Å². The molecule has 4 aromatic rings. The van der Waals surface area contributed by atoms with Gasteiger partial charge in [-0.05, 0) is 41.0 Å². The molecular formula is C36H37N3O4. The van der Waals surface area contributed by atoms with Crippen LogP contribution < -0.4 is 15.6 Å². The lowest BCUT2D eigenvalue weighted by molar-refractivity contribution is -0.129. The smallest absolute Gasteiger partial charge is 0.266 e. The van der Waals surface area contributed by atoms with Gasteiger partial charge in [-0.3, -0.25) is 10.2 Å². The van der Waals surface area contributed by atoms with E-state index in [1.165, 1.54) is 0 Å².